The summed E-state index contributed by atoms with van der Waals surface area (Å²) in [5.74, 6) is 1.22. The van der Waals surface area contributed by atoms with Crippen LogP contribution in [0.25, 0.3) is 11.1 Å². The number of nitrogens with zero attached hydrogens (tertiary/aromatic N) is 2. The highest BCUT2D eigenvalue weighted by Gasteiger charge is 2.54. The van der Waals surface area contributed by atoms with E-state index in [0.717, 1.165) is 54.9 Å². The predicted octanol–water partition coefficient (Wildman–Crippen LogP) is 10.9. The lowest BCUT2D eigenvalue weighted by atomic mass is 9.59. The summed E-state index contributed by atoms with van der Waals surface area (Å²) in [6, 6.07) is 26.5. The summed E-state index contributed by atoms with van der Waals surface area (Å²) in [6.45, 7) is 5.84. The first-order valence-electron chi connectivity index (χ1n) is 22.1. The van der Waals surface area contributed by atoms with Gasteiger partial charge in [-0.05, 0) is 164 Å². The number of aliphatic carboxylic acids is 1. The molecule has 0 radical (unpaired) electrons. The number of carbonyl (C=O) groups excluding carboxylic acids is 1. The highest BCUT2D eigenvalue weighted by molar-refractivity contribution is 6.30. The Morgan fingerprint density at radius 1 is 0.968 bits per heavy atom. The van der Waals surface area contributed by atoms with Gasteiger partial charge in [-0.15, -0.1) is 0 Å². The summed E-state index contributed by atoms with van der Waals surface area (Å²) in [6.07, 6.45) is 11.6. The molecule has 3 N–H and O–H groups in total. The molecule has 0 unspecified atom stereocenters. The van der Waals surface area contributed by atoms with Crippen LogP contribution in [0.1, 0.15) is 106 Å². The number of fused-ring (bicyclic) bond motifs is 3. The number of amides is 1. The van der Waals surface area contributed by atoms with E-state index in [-0.39, 0.29) is 17.2 Å². The SMILES string of the molecule is C[C@@H](COc1ccnc2c1[C@H](C)CCC2)C[C@H]1Cc2ccc(OCCCC(=O)NCc3cccc(-c4cccnc4F)c3)cc2C12CCC(Nc1cccc(Cl)c1)(C(=O)O)CC2. The Balaban J connectivity index is 0.929. The number of aryl methyl sites for hydroxylation is 1. The van der Waals surface area contributed by atoms with E-state index >= 15 is 0 Å². The second kappa shape index (κ2) is 18.9. The maximum Gasteiger partial charge on any atom is 0.329 e. The van der Waals surface area contributed by atoms with E-state index in [1.165, 1.54) is 22.9 Å². The quantitative estimate of drug-likeness (QED) is 0.0662. The summed E-state index contributed by atoms with van der Waals surface area (Å²) < 4.78 is 27.2. The van der Waals surface area contributed by atoms with Gasteiger partial charge < -0.3 is 25.2 Å². The topological polar surface area (TPSA) is 123 Å². The Hall–Kier alpha value is -5.48. The normalized spacial score (nSPS) is 22.0. The number of carbonyl (C=O) groups is 2. The van der Waals surface area contributed by atoms with Crippen LogP contribution >= 0.6 is 11.6 Å². The maximum absolute atomic E-state index is 14.3. The van der Waals surface area contributed by atoms with Crippen LogP contribution in [-0.2, 0) is 34.4 Å². The molecule has 1 spiro atoms. The fourth-order valence-electron chi connectivity index (χ4n) is 10.3. The average Bonchev–Trinajstić information content (AvgIpc) is 3.55. The fourth-order valence-corrected chi connectivity index (χ4v) is 10.5. The van der Waals surface area contributed by atoms with Crippen molar-refractivity contribution >= 4 is 29.2 Å². The van der Waals surface area contributed by atoms with Crippen molar-refractivity contribution in [2.24, 2.45) is 11.8 Å². The van der Waals surface area contributed by atoms with Gasteiger partial charge in [0, 0.05) is 52.9 Å². The van der Waals surface area contributed by atoms with Crippen LogP contribution in [-0.4, -0.2) is 45.7 Å². The summed E-state index contributed by atoms with van der Waals surface area (Å²) >= 11 is 6.31. The zero-order chi connectivity index (χ0) is 43.3. The number of ether oxygens (including phenoxy) is 2. The van der Waals surface area contributed by atoms with Crippen LogP contribution in [0.15, 0.2) is 97.3 Å². The molecule has 324 valence electrons. The smallest absolute Gasteiger partial charge is 0.329 e. The number of anilines is 1. The van der Waals surface area contributed by atoms with Crippen LogP contribution in [0.5, 0.6) is 11.5 Å². The molecule has 3 aromatic carbocycles. The molecule has 9 nitrogen and oxygen atoms in total. The highest BCUT2D eigenvalue weighted by Crippen LogP contribution is 2.57. The molecule has 2 aromatic heterocycles. The number of hydrogen-bond acceptors (Lipinski definition) is 7. The lowest BCUT2D eigenvalue weighted by Crippen LogP contribution is -2.53. The molecular formula is C51H56ClFN4O5. The molecule has 5 aromatic rings. The van der Waals surface area contributed by atoms with Crippen LogP contribution in [0.2, 0.25) is 5.02 Å². The maximum atomic E-state index is 14.3. The van der Waals surface area contributed by atoms with Crippen LogP contribution in [0, 0.1) is 17.8 Å². The van der Waals surface area contributed by atoms with Gasteiger partial charge in [-0.25, -0.2) is 9.78 Å². The van der Waals surface area contributed by atoms with Crippen LogP contribution in [0.4, 0.5) is 10.1 Å². The van der Waals surface area contributed by atoms with Crippen LogP contribution < -0.4 is 20.1 Å². The molecule has 0 bridgehead atoms. The molecule has 1 amide bonds. The van der Waals surface area contributed by atoms with Crippen molar-refractivity contribution in [2.45, 2.75) is 108 Å². The van der Waals surface area contributed by atoms with Gasteiger partial charge in [-0.3, -0.25) is 9.78 Å². The van der Waals surface area contributed by atoms with E-state index in [2.05, 4.69) is 46.6 Å². The third-order valence-corrected chi connectivity index (χ3v) is 13.8. The highest BCUT2D eigenvalue weighted by atomic mass is 35.5. The molecule has 3 atom stereocenters. The minimum atomic E-state index is -1.12. The van der Waals surface area contributed by atoms with Gasteiger partial charge in [0.25, 0.3) is 0 Å². The Morgan fingerprint density at radius 2 is 1.81 bits per heavy atom. The zero-order valence-electron chi connectivity index (χ0n) is 35.6. The Kier molecular flexibility index (Phi) is 13.1. The number of nitrogens with one attached hydrogen (secondary N) is 2. The van der Waals surface area contributed by atoms with Gasteiger partial charge in [-0.1, -0.05) is 55.8 Å². The number of pyridine rings is 2. The number of halogens is 2. The average molecular weight is 859 g/mol. The summed E-state index contributed by atoms with van der Waals surface area (Å²) in [5, 5.41) is 17.6. The summed E-state index contributed by atoms with van der Waals surface area (Å²) in [5.41, 5.74) is 6.30. The number of carboxylic acids is 1. The number of rotatable bonds is 16. The first-order valence-corrected chi connectivity index (χ1v) is 22.5. The van der Waals surface area contributed by atoms with E-state index in [1.807, 2.05) is 54.7 Å². The standard InChI is InChI=1S/C51H56ClFN4O5/c1-33(32-62-45-18-24-54-44-14-3-8-34(2)47(44)45)26-38-28-37-16-17-41(30-43(37)50(38)19-21-51(22-20-50,49(59)60)57-40-12-5-11-39(52)29-40)61-25-7-15-46(58)56-31-35-9-4-10-36(27-35)42-13-6-23-55-48(42)53/h4-6,9-13,16-18,23-24,27,29-30,33-34,38,57H,3,7-8,14-15,19-22,25-26,28,31-32H2,1-2H3,(H,56,58)(H,59,60)/t33-,34-,38+,50?,51?/m1/s1. The van der Waals surface area contributed by atoms with Gasteiger partial charge >= 0.3 is 5.97 Å². The number of carboxylic acid groups (broad SMARTS) is 1. The third kappa shape index (κ3) is 9.45. The van der Waals surface area contributed by atoms with Crippen molar-refractivity contribution in [3.8, 4) is 22.6 Å². The second-order valence-corrected chi connectivity index (χ2v) is 18.2. The first-order chi connectivity index (χ1) is 30.0. The molecular weight excluding hydrogens is 803 g/mol. The molecule has 0 aliphatic heterocycles. The van der Waals surface area contributed by atoms with Crippen LogP contribution in [0.3, 0.4) is 0 Å². The van der Waals surface area contributed by atoms with Crippen molar-refractivity contribution in [3.63, 3.8) is 0 Å². The van der Waals surface area contributed by atoms with E-state index in [9.17, 15) is 19.1 Å². The van der Waals surface area contributed by atoms with E-state index in [0.29, 0.717) is 92.0 Å². The minimum absolute atomic E-state index is 0.0887. The van der Waals surface area contributed by atoms with E-state index < -0.39 is 17.5 Å². The predicted molar refractivity (Wildman–Crippen MR) is 240 cm³/mol. The number of aromatic nitrogens is 2. The summed E-state index contributed by atoms with van der Waals surface area (Å²) in [4.78, 5) is 34.4. The largest absolute Gasteiger partial charge is 0.494 e. The molecule has 3 aliphatic rings. The molecule has 3 aliphatic carbocycles. The molecule has 11 heteroatoms. The van der Waals surface area contributed by atoms with E-state index in [4.69, 9.17) is 21.1 Å². The second-order valence-electron chi connectivity index (χ2n) is 17.8. The van der Waals surface area contributed by atoms with Gasteiger partial charge in [0.15, 0.2) is 0 Å². The Labute approximate surface area is 368 Å². The Morgan fingerprint density at radius 3 is 2.61 bits per heavy atom. The monoisotopic (exact) mass is 858 g/mol. The lowest BCUT2D eigenvalue weighted by Gasteiger charge is -2.47. The van der Waals surface area contributed by atoms with Crippen molar-refractivity contribution in [1.82, 2.24) is 15.3 Å². The molecule has 62 heavy (non-hydrogen) atoms. The molecule has 2 heterocycles. The van der Waals surface area contributed by atoms with Crippen molar-refractivity contribution in [1.29, 1.82) is 0 Å². The third-order valence-electron chi connectivity index (χ3n) is 13.6. The number of benzene rings is 3. The molecule has 1 fully saturated rings. The number of hydrogen-bond donors (Lipinski definition) is 3. The lowest BCUT2D eigenvalue weighted by molar-refractivity contribution is -0.144. The van der Waals surface area contributed by atoms with Gasteiger partial charge in [-0.2, -0.15) is 4.39 Å². The molecule has 0 saturated heterocycles. The fraction of sp³-hybridized carbons (Fsp3) is 0.412. The van der Waals surface area contributed by atoms with Gasteiger partial charge in [0.1, 0.15) is 17.0 Å². The van der Waals surface area contributed by atoms with Gasteiger partial charge in [0.2, 0.25) is 11.9 Å². The summed E-state index contributed by atoms with van der Waals surface area (Å²) in [7, 11) is 0. The van der Waals surface area contributed by atoms with Gasteiger partial charge in [0.05, 0.1) is 13.2 Å². The zero-order valence-corrected chi connectivity index (χ0v) is 36.4. The molecule has 8 rings (SSSR count). The van der Waals surface area contributed by atoms with E-state index in [1.54, 1.807) is 24.3 Å². The van der Waals surface area contributed by atoms with Crippen molar-refractivity contribution < 1.29 is 28.6 Å². The first kappa shape index (κ1) is 43.2. The minimum Gasteiger partial charge on any atom is -0.494 e. The Bertz CT molecular complexity index is 2400. The molecule has 1 saturated carbocycles. The van der Waals surface area contributed by atoms with Crippen molar-refractivity contribution in [3.05, 3.63) is 136 Å². The van der Waals surface area contributed by atoms with Crippen molar-refractivity contribution in [2.75, 3.05) is 18.5 Å².